The monoisotopic (exact) mass is 175 g/mol. The highest BCUT2D eigenvalue weighted by Crippen LogP contribution is 2.22. The lowest BCUT2D eigenvalue weighted by molar-refractivity contribution is -0.671. The standard InChI is InChI=1S/C11H15N2/c1-10(11-5-3-4-6-11)13-8-7-12(2)9-13/h3-11H,1-2H3/q+1/t10-/m1/s1. The molecule has 0 radical (unpaired) electrons. The summed E-state index contributed by atoms with van der Waals surface area (Å²) >= 11 is 0. The molecule has 0 saturated heterocycles. The predicted molar refractivity (Wildman–Crippen MR) is 52.1 cm³/mol. The molecule has 1 aliphatic rings. The van der Waals surface area contributed by atoms with E-state index in [0.29, 0.717) is 12.0 Å². The van der Waals surface area contributed by atoms with Gasteiger partial charge in [-0.2, -0.15) is 0 Å². The molecule has 0 saturated carbocycles. The summed E-state index contributed by atoms with van der Waals surface area (Å²) in [7, 11) is 2.05. The first-order chi connectivity index (χ1) is 6.27. The number of aromatic nitrogens is 2. The Hall–Kier alpha value is -1.31. The summed E-state index contributed by atoms with van der Waals surface area (Å²) in [6, 6.07) is 0.510. The summed E-state index contributed by atoms with van der Waals surface area (Å²) in [5.41, 5.74) is 0. The number of allylic oxidation sites excluding steroid dienone is 4. The van der Waals surface area contributed by atoms with E-state index in [-0.39, 0.29) is 0 Å². The fourth-order valence-corrected chi connectivity index (χ4v) is 1.68. The molecule has 68 valence electrons. The molecule has 2 rings (SSSR count). The van der Waals surface area contributed by atoms with Crippen LogP contribution in [0.25, 0.3) is 0 Å². The maximum atomic E-state index is 2.24. The van der Waals surface area contributed by atoms with E-state index in [9.17, 15) is 0 Å². The molecular formula is C11H15N2+. The van der Waals surface area contributed by atoms with Gasteiger partial charge in [0, 0.05) is 5.92 Å². The Morgan fingerprint density at radius 3 is 2.54 bits per heavy atom. The average Bonchev–Trinajstić information content (AvgIpc) is 2.72. The highest BCUT2D eigenvalue weighted by molar-refractivity contribution is 5.19. The molecule has 0 bridgehead atoms. The van der Waals surface area contributed by atoms with E-state index in [1.54, 1.807) is 0 Å². The topological polar surface area (TPSA) is 8.81 Å². The Balaban J connectivity index is 2.17. The molecule has 0 fully saturated rings. The van der Waals surface area contributed by atoms with Crippen molar-refractivity contribution in [3.05, 3.63) is 43.0 Å². The summed E-state index contributed by atoms with van der Waals surface area (Å²) < 4.78 is 4.31. The minimum Gasteiger partial charge on any atom is -0.240 e. The quantitative estimate of drug-likeness (QED) is 0.604. The van der Waals surface area contributed by atoms with Crippen LogP contribution >= 0.6 is 0 Å². The van der Waals surface area contributed by atoms with Crippen molar-refractivity contribution in [1.82, 2.24) is 4.57 Å². The first-order valence-electron chi connectivity index (χ1n) is 4.65. The van der Waals surface area contributed by atoms with Crippen LogP contribution in [-0.2, 0) is 7.05 Å². The lowest BCUT2D eigenvalue weighted by Gasteiger charge is -2.11. The Bertz CT molecular complexity index is 335. The van der Waals surface area contributed by atoms with Gasteiger partial charge in [0.2, 0.25) is 6.33 Å². The van der Waals surface area contributed by atoms with Gasteiger partial charge in [0.25, 0.3) is 0 Å². The van der Waals surface area contributed by atoms with Gasteiger partial charge in [0.15, 0.2) is 0 Å². The fraction of sp³-hybridized carbons (Fsp3) is 0.364. The number of nitrogens with zero attached hydrogens (tertiary/aromatic N) is 2. The maximum absolute atomic E-state index is 2.24. The second-order valence-corrected chi connectivity index (χ2v) is 3.61. The molecule has 0 aromatic carbocycles. The van der Waals surface area contributed by atoms with Gasteiger partial charge in [-0.1, -0.05) is 24.3 Å². The third kappa shape index (κ3) is 1.57. The molecule has 0 spiro atoms. The van der Waals surface area contributed by atoms with Gasteiger partial charge < -0.3 is 0 Å². The molecule has 1 heterocycles. The molecule has 2 heteroatoms. The SMILES string of the molecule is C[C@H](C1C=CC=C1)n1cc[n+](C)c1. The summed E-state index contributed by atoms with van der Waals surface area (Å²) in [5, 5.41) is 0. The summed E-state index contributed by atoms with van der Waals surface area (Å²) in [5.74, 6) is 0.549. The molecular weight excluding hydrogens is 160 g/mol. The highest BCUT2D eigenvalue weighted by Gasteiger charge is 2.19. The molecule has 0 unspecified atom stereocenters. The van der Waals surface area contributed by atoms with Gasteiger partial charge >= 0.3 is 0 Å². The number of hydrogen-bond donors (Lipinski definition) is 0. The largest absolute Gasteiger partial charge is 0.243 e. The average molecular weight is 175 g/mol. The van der Waals surface area contributed by atoms with Gasteiger partial charge in [-0.25, -0.2) is 9.13 Å². The zero-order valence-corrected chi connectivity index (χ0v) is 8.09. The molecule has 2 nitrogen and oxygen atoms in total. The second-order valence-electron chi connectivity index (χ2n) is 3.61. The lowest BCUT2D eigenvalue weighted by Crippen LogP contribution is -2.24. The van der Waals surface area contributed by atoms with Gasteiger partial charge in [0.05, 0.1) is 7.05 Å². The lowest BCUT2D eigenvalue weighted by atomic mass is 10.0. The van der Waals surface area contributed by atoms with Crippen molar-refractivity contribution in [3.8, 4) is 0 Å². The van der Waals surface area contributed by atoms with Crippen LogP contribution in [-0.4, -0.2) is 4.57 Å². The molecule has 1 aliphatic carbocycles. The van der Waals surface area contributed by atoms with Crippen molar-refractivity contribution in [2.75, 3.05) is 0 Å². The summed E-state index contributed by atoms with van der Waals surface area (Å²) in [6.07, 6.45) is 15.0. The Morgan fingerprint density at radius 2 is 2.00 bits per heavy atom. The molecule has 1 aromatic rings. The predicted octanol–water partition coefficient (Wildman–Crippen LogP) is 1.62. The van der Waals surface area contributed by atoms with Crippen LogP contribution in [0.1, 0.15) is 13.0 Å². The third-order valence-electron chi connectivity index (χ3n) is 2.59. The normalized spacial score (nSPS) is 18.3. The van der Waals surface area contributed by atoms with Crippen molar-refractivity contribution in [3.63, 3.8) is 0 Å². The van der Waals surface area contributed by atoms with Crippen molar-refractivity contribution in [1.29, 1.82) is 0 Å². The van der Waals surface area contributed by atoms with Gasteiger partial charge in [-0.3, -0.25) is 0 Å². The van der Waals surface area contributed by atoms with E-state index >= 15 is 0 Å². The van der Waals surface area contributed by atoms with Crippen molar-refractivity contribution < 1.29 is 4.57 Å². The van der Waals surface area contributed by atoms with Crippen LogP contribution in [0.2, 0.25) is 0 Å². The van der Waals surface area contributed by atoms with Crippen molar-refractivity contribution >= 4 is 0 Å². The second kappa shape index (κ2) is 3.21. The first kappa shape index (κ1) is 8.30. The number of imidazole rings is 1. The van der Waals surface area contributed by atoms with Gasteiger partial charge in [-0.15, -0.1) is 0 Å². The zero-order valence-electron chi connectivity index (χ0n) is 8.09. The molecule has 1 atom stereocenters. The molecule has 13 heavy (non-hydrogen) atoms. The fourth-order valence-electron chi connectivity index (χ4n) is 1.68. The van der Waals surface area contributed by atoms with Gasteiger partial charge in [-0.05, 0) is 6.92 Å². The van der Waals surface area contributed by atoms with E-state index in [1.807, 2.05) is 7.05 Å². The number of rotatable bonds is 2. The molecule has 0 N–H and O–H groups in total. The van der Waals surface area contributed by atoms with E-state index in [0.717, 1.165) is 0 Å². The smallest absolute Gasteiger partial charge is 0.240 e. The number of aryl methyl sites for hydroxylation is 1. The van der Waals surface area contributed by atoms with E-state index in [2.05, 4.69) is 59.1 Å². The van der Waals surface area contributed by atoms with Crippen molar-refractivity contribution in [2.24, 2.45) is 13.0 Å². The maximum Gasteiger partial charge on any atom is 0.243 e. The van der Waals surface area contributed by atoms with Crippen LogP contribution in [0.15, 0.2) is 43.0 Å². The zero-order chi connectivity index (χ0) is 9.26. The molecule has 0 aliphatic heterocycles. The van der Waals surface area contributed by atoms with E-state index in [4.69, 9.17) is 0 Å². The minimum atomic E-state index is 0.510. The van der Waals surface area contributed by atoms with Crippen LogP contribution in [0, 0.1) is 5.92 Å². The van der Waals surface area contributed by atoms with Gasteiger partial charge in [0.1, 0.15) is 18.4 Å². The summed E-state index contributed by atoms with van der Waals surface area (Å²) in [4.78, 5) is 0. The van der Waals surface area contributed by atoms with Crippen LogP contribution in [0.5, 0.6) is 0 Å². The third-order valence-corrected chi connectivity index (χ3v) is 2.59. The Morgan fingerprint density at radius 1 is 1.31 bits per heavy atom. The highest BCUT2D eigenvalue weighted by atomic mass is 15.1. The minimum absolute atomic E-state index is 0.510. The number of hydrogen-bond acceptors (Lipinski definition) is 0. The van der Waals surface area contributed by atoms with Crippen molar-refractivity contribution in [2.45, 2.75) is 13.0 Å². The summed E-state index contributed by atoms with van der Waals surface area (Å²) in [6.45, 7) is 2.24. The van der Waals surface area contributed by atoms with E-state index < -0.39 is 0 Å². The molecule has 1 aromatic heterocycles. The van der Waals surface area contributed by atoms with Crippen LogP contribution in [0.3, 0.4) is 0 Å². The first-order valence-corrected chi connectivity index (χ1v) is 4.65. The van der Waals surface area contributed by atoms with Crippen LogP contribution < -0.4 is 4.57 Å². The Labute approximate surface area is 78.8 Å². The molecule has 0 amide bonds. The Kier molecular flexibility index (Phi) is 2.05. The van der Waals surface area contributed by atoms with E-state index in [1.165, 1.54) is 0 Å². The van der Waals surface area contributed by atoms with Crippen LogP contribution in [0.4, 0.5) is 0 Å².